The zero-order valence-corrected chi connectivity index (χ0v) is 9.72. The van der Waals surface area contributed by atoms with Crippen LogP contribution < -0.4 is 5.73 Å². The summed E-state index contributed by atoms with van der Waals surface area (Å²) >= 11 is 0. The van der Waals surface area contributed by atoms with E-state index in [1.54, 1.807) is 6.07 Å². The molecule has 2 N–H and O–H groups in total. The molecule has 0 heterocycles. The normalized spacial score (nSPS) is 10.6. The van der Waals surface area contributed by atoms with Crippen LogP contribution in [-0.4, -0.2) is 0 Å². The molecule has 2 aromatic rings. The molecule has 0 aliphatic carbocycles. The fraction of sp³-hybridized carbons (Fsp3) is 0.143. The van der Waals surface area contributed by atoms with Gasteiger partial charge in [0.15, 0.2) is 0 Å². The lowest BCUT2D eigenvalue weighted by Crippen LogP contribution is -1.96. The maximum absolute atomic E-state index is 13.2. The summed E-state index contributed by atoms with van der Waals surface area (Å²) < 4.78 is 26.2. The Labute approximate surface area is 98.9 Å². The maximum atomic E-state index is 13.2. The third-order valence-electron chi connectivity index (χ3n) is 2.78. The molecule has 0 fully saturated rings. The zero-order chi connectivity index (χ0) is 12.6. The molecule has 0 bridgehead atoms. The van der Waals surface area contributed by atoms with Crippen molar-refractivity contribution in [2.75, 3.05) is 5.73 Å². The quantitative estimate of drug-likeness (QED) is 0.744. The standard InChI is InChI=1S/C14H13F2N/c1-8-5-11(16)6-9(2)14(8)12-4-3-10(15)7-13(12)17/h3-7H,17H2,1-2H3. The lowest BCUT2D eigenvalue weighted by Gasteiger charge is -2.12. The van der Waals surface area contributed by atoms with E-state index >= 15 is 0 Å². The van der Waals surface area contributed by atoms with E-state index in [1.165, 1.54) is 24.3 Å². The van der Waals surface area contributed by atoms with Gasteiger partial charge in [-0.15, -0.1) is 0 Å². The van der Waals surface area contributed by atoms with Crippen molar-refractivity contribution in [1.82, 2.24) is 0 Å². The van der Waals surface area contributed by atoms with Crippen LogP contribution in [0.1, 0.15) is 11.1 Å². The monoisotopic (exact) mass is 233 g/mol. The second-order valence-corrected chi connectivity index (χ2v) is 4.15. The molecule has 0 saturated heterocycles. The van der Waals surface area contributed by atoms with Gasteiger partial charge in [0.05, 0.1) is 0 Å². The Morgan fingerprint density at radius 2 is 1.47 bits per heavy atom. The van der Waals surface area contributed by atoms with Crippen molar-refractivity contribution in [3.05, 3.63) is 53.1 Å². The topological polar surface area (TPSA) is 26.0 Å². The van der Waals surface area contributed by atoms with Gasteiger partial charge in [-0.2, -0.15) is 0 Å². The highest BCUT2D eigenvalue weighted by molar-refractivity contribution is 5.80. The van der Waals surface area contributed by atoms with Crippen molar-refractivity contribution in [1.29, 1.82) is 0 Å². The molecule has 0 aliphatic heterocycles. The fourth-order valence-electron chi connectivity index (χ4n) is 2.10. The highest BCUT2D eigenvalue weighted by Gasteiger charge is 2.10. The molecule has 0 aliphatic rings. The number of rotatable bonds is 1. The van der Waals surface area contributed by atoms with E-state index in [2.05, 4.69) is 0 Å². The molecule has 0 saturated carbocycles. The number of nitrogen functional groups attached to an aromatic ring is 1. The lowest BCUT2D eigenvalue weighted by atomic mass is 9.94. The number of hydrogen-bond donors (Lipinski definition) is 1. The number of benzene rings is 2. The molecule has 1 nitrogen and oxygen atoms in total. The van der Waals surface area contributed by atoms with Crippen molar-refractivity contribution in [3.8, 4) is 11.1 Å². The summed E-state index contributed by atoms with van der Waals surface area (Å²) in [6.07, 6.45) is 0. The van der Waals surface area contributed by atoms with Crippen LogP contribution in [0.25, 0.3) is 11.1 Å². The Hall–Kier alpha value is -1.90. The first-order valence-electron chi connectivity index (χ1n) is 5.31. The average molecular weight is 233 g/mol. The minimum Gasteiger partial charge on any atom is -0.398 e. The Balaban J connectivity index is 2.68. The zero-order valence-electron chi connectivity index (χ0n) is 9.72. The van der Waals surface area contributed by atoms with Gasteiger partial charge in [0.25, 0.3) is 0 Å². The molecule has 2 rings (SSSR count). The van der Waals surface area contributed by atoms with Gasteiger partial charge in [-0.1, -0.05) is 0 Å². The van der Waals surface area contributed by atoms with Crippen molar-refractivity contribution in [2.45, 2.75) is 13.8 Å². The van der Waals surface area contributed by atoms with E-state index in [-0.39, 0.29) is 11.6 Å². The Bertz CT molecular complexity index is 553. The van der Waals surface area contributed by atoms with Crippen LogP contribution in [0.5, 0.6) is 0 Å². The largest absolute Gasteiger partial charge is 0.398 e. The third kappa shape index (κ3) is 2.13. The predicted molar refractivity (Wildman–Crippen MR) is 65.7 cm³/mol. The predicted octanol–water partition coefficient (Wildman–Crippen LogP) is 3.83. The van der Waals surface area contributed by atoms with E-state index in [0.29, 0.717) is 5.69 Å². The van der Waals surface area contributed by atoms with Gasteiger partial charge in [0.1, 0.15) is 11.6 Å². The number of nitrogens with two attached hydrogens (primary N) is 1. The van der Waals surface area contributed by atoms with Gasteiger partial charge in [-0.25, -0.2) is 8.78 Å². The fourth-order valence-corrected chi connectivity index (χ4v) is 2.10. The summed E-state index contributed by atoms with van der Waals surface area (Å²) in [5, 5.41) is 0. The van der Waals surface area contributed by atoms with Crippen LogP contribution in [0, 0.1) is 25.5 Å². The van der Waals surface area contributed by atoms with Gasteiger partial charge >= 0.3 is 0 Å². The number of hydrogen-bond acceptors (Lipinski definition) is 1. The molecule has 17 heavy (non-hydrogen) atoms. The van der Waals surface area contributed by atoms with Crippen molar-refractivity contribution in [2.24, 2.45) is 0 Å². The number of aryl methyl sites for hydroxylation is 2. The van der Waals surface area contributed by atoms with E-state index in [0.717, 1.165) is 22.3 Å². The van der Waals surface area contributed by atoms with Crippen LogP contribution in [0.15, 0.2) is 30.3 Å². The maximum Gasteiger partial charge on any atom is 0.125 e. The van der Waals surface area contributed by atoms with Crippen LogP contribution in [0.3, 0.4) is 0 Å². The molecule has 0 radical (unpaired) electrons. The summed E-state index contributed by atoms with van der Waals surface area (Å²) in [7, 11) is 0. The minimum atomic E-state index is -0.372. The Morgan fingerprint density at radius 1 is 0.882 bits per heavy atom. The average Bonchev–Trinajstić information content (AvgIpc) is 2.19. The molecule has 2 aromatic carbocycles. The van der Waals surface area contributed by atoms with E-state index < -0.39 is 0 Å². The molecular weight excluding hydrogens is 220 g/mol. The number of anilines is 1. The van der Waals surface area contributed by atoms with Crippen LogP contribution in [0.2, 0.25) is 0 Å². The summed E-state index contributed by atoms with van der Waals surface area (Å²) in [6, 6.07) is 7.15. The van der Waals surface area contributed by atoms with Crippen molar-refractivity contribution >= 4 is 5.69 Å². The van der Waals surface area contributed by atoms with Gasteiger partial charge in [0.2, 0.25) is 0 Å². The van der Waals surface area contributed by atoms with Gasteiger partial charge < -0.3 is 5.73 Å². The highest BCUT2D eigenvalue weighted by Crippen LogP contribution is 2.32. The number of halogens is 2. The van der Waals surface area contributed by atoms with Crippen LogP contribution in [-0.2, 0) is 0 Å². The molecule has 0 spiro atoms. The summed E-state index contributed by atoms with van der Waals surface area (Å²) in [5.41, 5.74) is 9.35. The van der Waals surface area contributed by atoms with Gasteiger partial charge in [-0.3, -0.25) is 0 Å². The van der Waals surface area contributed by atoms with Crippen LogP contribution >= 0.6 is 0 Å². The first-order chi connectivity index (χ1) is 7.99. The molecule has 88 valence electrons. The van der Waals surface area contributed by atoms with Gasteiger partial charge in [-0.05, 0) is 60.9 Å². The van der Waals surface area contributed by atoms with E-state index in [1.807, 2.05) is 13.8 Å². The first-order valence-corrected chi connectivity index (χ1v) is 5.31. The smallest absolute Gasteiger partial charge is 0.125 e. The van der Waals surface area contributed by atoms with E-state index in [4.69, 9.17) is 5.73 Å². The molecular formula is C14H13F2N. The molecule has 0 amide bonds. The molecule has 3 heteroatoms. The summed E-state index contributed by atoms with van der Waals surface area (Å²) in [6.45, 7) is 3.63. The third-order valence-corrected chi connectivity index (χ3v) is 2.78. The Morgan fingerprint density at radius 3 is 2.00 bits per heavy atom. The lowest BCUT2D eigenvalue weighted by molar-refractivity contribution is 0.625. The molecule has 0 aromatic heterocycles. The second-order valence-electron chi connectivity index (χ2n) is 4.15. The SMILES string of the molecule is Cc1cc(F)cc(C)c1-c1ccc(F)cc1N. The summed E-state index contributed by atoms with van der Waals surface area (Å²) in [5.74, 6) is -0.645. The van der Waals surface area contributed by atoms with Crippen molar-refractivity contribution < 1.29 is 8.78 Å². The minimum absolute atomic E-state index is 0.274. The molecule has 0 unspecified atom stereocenters. The Kier molecular flexibility index (Phi) is 2.84. The van der Waals surface area contributed by atoms with Crippen molar-refractivity contribution in [3.63, 3.8) is 0 Å². The molecule has 0 atom stereocenters. The van der Waals surface area contributed by atoms with Gasteiger partial charge in [0, 0.05) is 11.3 Å². The van der Waals surface area contributed by atoms with E-state index in [9.17, 15) is 8.78 Å². The highest BCUT2D eigenvalue weighted by atomic mass is 19.1. The summed E-state index contributed by atoms with van der Waals surface area (Å²) in [4.78, 5) is 0. The first kappa shape index (κ1) is 11.6. The second kappa shape index (κ2) is 4.17. The van der Waals surface area contributed by atoms with Crippen LogP contribution in [0.4, 0.5) is 14.5 Å².